The number of aldehydes is 1. The zero-order valence-electron chi connectivity index (χ0n) is 18.7. The van der Waals surface area contributed by atoms with E-state index in [2.05, 4.69) is 41.3 Å². The number of benzene rings is 2. The van der Waals surface area contributed by atoms with Crippen molar-refractivity contribution in [1.82, 2.24) is 4.90 Å². The molecule has 1 saturated heterocycles. The molecular formula is C26H35NO4. The van der Waals surface area contributed by atoms with Crippen LogP contribution in [0, 0.1) is 0 Å². The Balaban J connectivity index is 0.000000858. The van der Waals surface area contributed by atoms with Gasteiger partial charge >= 0.3 is 0 Å². The summed E-state index contributed by atoms with van der Waals surface area (Å²) in [5, 5.41) is 10.5. The van der Waals surface area contributed by atoms with Crippen molar-refractivity contribution in [3.05, 3.63) is 54.1 Å². The van der Waals surface area contributed by atoms with Crippen molar-refractivity contribution in [3.63, 3.8) is 0 Å². The van der Waals surface area contributed by atoms with Crippen LogP contribution in [0.5, 0.6) is 5.75 Å². The molecule has 0 radical (unpaired) electrons. The van der Waals surface area contributed by atoms with E-state index in [1.807, 2.05) is 12.1 Å². The van der Waals surface area contributed by atoms with Gasteiger partial charge in [-0.1, -0.05) is 42.8 Å². The van der Waals surface area contributed by atoms with Crippen LogP contribution in [0.15, 0.2) is 48.5 Å². The highest BCUT2D eigenvalue weighted by Gasteiger charge is 2.37. The number of nitrogens with zero attached hydrogens (tertiary/aromatic N) is 1. The van der Waals surface area contributed by atoms with E-state index in [0.717, 1.165) is 38.0 Å². The molecule has 2 aromatic carbocycles. The van der Waals surface area contributed by atoms with Gasteiger partial charge in [0.05, 0.1) is 25.9 Å². The molecule has 0 spiro atoms. The molecule has 2 fully saturated rings. The minimum atomic E-state index is -0.249. The Kier molecular flexibility index (Phi) is 9.07. The number of rotatable bonds is 6. The summed E-state index contributed by atoms with van der Waals surface area (Å²) in [6, 6.07) is 16.9. The molecule has 3 unspecified atom stereocenters. The molecule has 3 atom stereocenters. The highest BCUT2D eigenvalue weighted by molar-refractivity contribution is 5.64. The Bertz CT molecular complexity index is 784. The summed E-state index contributed by atoms with van der Waals surface area (Å²) in [4.78, 5) is 11.3. The van der Waals surface area contributed by atoms with Crippen molar-refractivity contribution < 1.29 is 19.4 Å². The Hall–Kier alpha value is -2.21. The molecule has 0 amide bonds. The quantitative estimate of drug-likeness (QED) is 0.693. The van der Waals surface area contributed by atoms with Gasteiger partial charge in [0, 0.05) is 12.5 Å². The first-order valence-electron chi connectivity index (χ1n) is 11.3. The van der Waals surface area contributed by atoms with E-state index in [1.165, 1.54) is 42.9 Å². The van der Waals surface area contributed by atoms with Crippen molar-refractivity contribution in [1.29, 1.82) is 0 Å². The zero-order valence-corrected chi connectivity index (χ0v) is 18.7. The molecule has 1 heterocycles. The van der Waals surface area contributed by atoms with E-state index in [1.54, 1.807) is 7.11 Å². The van der Waals surface area contributed by atoms with E-state index in [9.17, 15) is 5.11 Å². The number of carbonyl (C=O) groups is 1. The van der Waals surface area contributed by atoms with Crippen molar-refractivity contribution >= 4 is 6.29 Å². The lowest BCUT2D eigenvalue weighted by molar-refractivity contribution is -0.106. The van der Waals surface area contributed by atoms with Gasteiger partial charge in [0.2, 0.25) is 0 Å². The van der Waals surface area contributed by atoms with E-state index in [4.69, 9.17) is 14.3 Å². The fourth-order valence-corrected chi connectivity index (χ4v) is 4.52. The normalized spacial score (nSPS) is 23.6. The lowest BCUT2D eigenvalue weighted by Gasteiger charge is -2.33. The second-order valence-electron chi connectivity index (χ2n) is 8.30. The van der Waals surface area contributed by atoms with Gasteiger partial charge in [-0.25, -0.2) is 0 Å². The number of ether oxygens (including phenoxy) is 2. The topological polar surface area (TPSA) is 59.0 Å². The van der Waals surface area contributed by atoms with Crippen molar-refractivity contribution in [2.24, 2.45) is 0 Å². The average molecular weight is 426 g/mol. The average Bonchev–Trinajstić information content (AvgIpc) is 3.20. The first-order valence-corrected chi connectivity index (χ1v) is 11.3. The van der Waals surface area contributed by atoms with E-state index < -0.39 is 0 Å². The molecule has 31 heavy (non-hydrogen) atoms. The third-order valence-electron chi connectivity index (χ3n) is 6.18. The highest BCUT2D eigenvalue weighted by atomic mass is 16.5. The maximum absolute atomic E-state index is 10.5. The second-order valence-corrected chi connectivity index (χ2v) is 8.30. The molecule has 5 heteroatoms. The van der Waals surface area contributed by atoms with E-state index in [-0.39, 0.29) is 18.2 Å². The summed E-state index contributed by atoms with van der Waals surface area (Å²) < 4.78 is 11.4. The monoisotopic (exact) mass is 425 g/mol. The fourth-order valence-electron chi connectivity index (χ4n) is 4.52. The number of aliphatic hydroxyl groups excluding tert-OH is 1. The van der Waals surface area contributed by atoms with Gasteiger partial charge in [0.1, 0.15) is 12.0 Å². The van der Waals surface area contributed by atoms with Crippen molar-refractivity contribution in [2.45, 2.75) is 63.9 Å². The largest absolute Gasteiger partial charge is 0.497 e. The molecule has 168 valence electrons. The van der Waals surface area contributed by atoms with Crippen molar-refractivity contribution in [2.75, 3.05) is 20.2 Å². The molecular weight excluding hydrogens is 390 g/mol. The first-order chi connectivity index (χ1) is 15.1. The number of methoxy groups -OCH3 is 1. The number of piperidine rings is 1. The standard InChI is InChI=1S/C24H31NO3.C2H4O/c1-27-21-11-9-20(10-12-21)19-7-5-18(6-8-19)17-28-22-15-23(24(26)16-22)25-13-3-2-4-14-25;1-2-3/h5-12,22-24,26H,2-4,13-17H2,1H3;2H,1H3. The smallest absolute Gasteiger partial charge is 0.118 e. The molecule has 4 rings (SSSR count). The van der Waals surface area contributed by atoms with Gasteiger partial charge in [0.25, 0.3) is 0 Å². The van der Waals surface area contributed by atoms with Crippen LogP contribution in [-0.4, -0.2) is 54.7 Å². The second kappa shape index (κ2) is 12.0. The zero-order chi connectivity index (χ0) is 22.1. The summed E-state index contributed by atoms with van der Waals surface area (Å²) >= 11 is 0. The number of aliphatic hydroxyl groups is 1. The molecule has 1 aliphatic heterocycles. The summed E-state index contributed by atoms with van der Waals surface area (Å²) in [7, 11) is 1.68. The number of hydrogen-bond donors (Lipinski definition) is 1. The Morgan fingerprint density at radius 3 is 2.13 bits per heavy atom. The Morgan fingerprint density at radius 1 is 0.968 bits per heavy atom. The Morgan fingerprint density at radius 2 is 1.55 bits per heavy atom. The fraction of sp³-hybridized carbons (Fsp3) is 0.500. The summed E-state index contributed by atoms with van der Waals surface area (Å²) in [6.45, 7) is 4.30. The molecule has 1 aliphatic carbocycles. The van der Waals surface area contributed by atoms with Crippen LogP contribution in [0.3, 0.4) is 0 Å². The molecule has 2 aliphatic rings. The van der Waals surface area contributed by atoms with Crippen LogP contribution in [0.4, 0.5) is 0 Å². The lowest BCUT2D eigenvalue weighted by atomic mass is 10.0. The number of hydrogen-bond acceptors (Lipinski definition) is 5. The van der Waals surface area contributed by atoms with Gasteiger partial charge in [0.15, 0.2) is 0 Å². The number of carbonyl (C=O) groups excluding carboxylic acids is 1. The lowest BCUT2D eigenvalue weighted by Crippen LogP contribution is -2.43. The molecule has 0 aromatic heterocycles. The predicted molar refractivity (Wildman–Crippen MR) is 123 cm³/mol. The summed E-state index contributed by atoms with van der Waals surface area (Å²) in [5.74, 6) is 0.871. The van der Waals surface area contributed by atoms with Crippen LogP contribution in [0.1, 0.15) is 44.6 Å². The third kappa shape index (κ3) is 6.63. The maximum atomic E-state index is 10.5. The van der Waals surface area contributed by atoms with Crippen LogP contribution < -0.4 is 4.74 Å². The first kappa shape index (κ1) is 23.5. The van der Waals surface area contributed by atoms with Gasteiger partial charge < -0.3 is 19.4 Å². The molecule has 5 nitrogen and oxygen atoms in total. The van der Waals surface area contributed by atoms with Gasteiger partial charge in [-0.2, -0.15) is 0 Å². The predicted octanol–water partition coefficient (Wildman–Crippen LogP) is 4.46. The van der Waals surface area contributed by atoms with Gasteiger partial charge in [-0.15, -0.1) is 0 Å². The van der Waals surface area contributed by atoms with Crippen LogP contribution >= 0.6 is 0 Å². The Labute approximate surface area is 186 Å². The highest BCUT2D eigenvalue weighted by Crippen LogP contribution is 2.30. The minimum Gasteiger partial charge on any atom is -0.497 e. The molecule has 1 N–H and O–H groups in total. The number of likely N-dealkylation sites (tertiary alicyclic amines) is 1. The molecule has 2 aromatic rings. The van der Waals surface area contributed by atoms with E-state index >= 15 is 0 Å². The van der Waals surface area contributed by atoms with Crippen LogP contribution in [0.2, 0.25) is 0 Å². The molecule has 1 saturated carbocycles. The summed E-state index contributed by atoms with van der Waals surface area (Å²) in [5.41, 5.74) is 3.54. The van der Waals surface area contributed by atoms with Gasteiger partial charge in [-0.3, -0.25) is 4.90 Å². The van der Waals surface area contributed by atoms with Crippen molar-refractivity contribution in [3.8, 4) is 16.9 Å². The van der Waals surface area contributed by atoms with E-state index in [0.29, 0.717) is 6.61 Å². The summed E-state index contributed by atoms with van der Waals surface area (Å²) in [6.07, 6.45) is 6.20. The van der Waals surface area contributed by atoms with Crippen LogP contribution in [-0.2, 0) is 16.1 Å². The van der Waals surface area contributed by atoms with Crippen LogP contribution in [0.25, 0.3) is 11.1 Å². The maximum Gasteiger partial charge on any atom is 0.118 e. The molecule has 0 bridgehead atoms. The van der Waals surface area contributed by atoms with Gasteiger partial charge in [-0.05, 0) is 68.1 Å². The SMILES string of the molecule is CC=O.COc1ccc(-c2ccc(COC3CC(O)C(N4CCCCC4)C3)cc2)cc1. The minimum absolute atomic E-state index is 0.156. The third-order valence-corrected chi connectivity index (χ3v) is 6.18.